The van der Waals surface area contributed by atoms with Crippen LogP contribution in [0.1, 0.15) is 46.0 Å². The number of hydrogen-bond donors (Lipinski definition) is 1. The molecule has 8 heteroatoms. The van der Waals surface area contributed by atoms with E-state index in [1.165, 1.54) is 0 Å². The number of aromatic nitrogens is 1. The van der Waals surface area contributed by atoms with Crippen molar-refractivity contribution in [2.75, 3.05) is 46.1 Å². The maximum absolute atomic E-state index is 11.9. The average molecular weight is 461 g/mol. The number of aliphatic carboxylic acids is 1. The fraction of sp³-hybridized carbons (Fsp3) is 0.680. The molecule has 2 aliphatic heterocycles. The van der Waals surface area contributed by atoms with Gasteiger partial charge in [0.1, 0.15) is 11.1 Å². The van der Waals surface area contributed by atoms with Crippen LogP contribution in [0.2, 0.25) is 0 Å². The van der Waals surface area contributed by atoms with E-state index in [0.29, 0.717) is 69.1 Å². The maximum atomic E-state index is 11.9. The molecule has 2 aromatic rings. The van der Waals surface area contributed by atoms with Crippen molar-refractivity contribution in [3.63, 3.8) is 0 Å². The van der Waals surface area contributed by atoms with Gasteiger partial charge in [0.25, 0.3) is 5.88 Å². The molecule has 0 radical (unpaired) electrons. The summed E-state index contributed by atoms with van der Waals surface area (Å²) >= 11 is 0. The number of nitrogens with zero attached hydrogens (tertiary/aromatic N) is 2. The monoisotopic (exact) mass is 460 g/mol. The summed E-state index contributed by atoms with van der Waals surface area (Å²) in [6, 6.07) is 5.69. The Kier molecular flexibility index (Phi) is 7.75. The molecule has 1 aromatic heterocycles. The Labute approximate surface area is 195 Å². The lowest BCUT2D eigenvalue weighted by molar-refractivity contribution is -0.157. The van der Waals surface area contributed by atoms with E-state index < -0.39 is 11.4 Å². The quantitative estimate of drug-likeness (QED) is 0.563. The Morgan fingerprint density at radius 2 is 2.00 bits per heavy atom. The minimum atomic E-state index is -0.682. The van der Waals surface area contributed by atoms with Gasteiger partial charge in [0.2, 0.25) is 0 Å². The Bertz CT molecular complexity index is 913. The van der Waals surface area contributed by atoms with Crippen molar-refractivity contribution in [2.24, 2.45) is 17.3 Å². The van der Waals surface area contributed by atoms with Crippen LogP contribution in [-0.4, -0.2) is 67.2 Å². The first kappa shape index (κ1) is 23.8. The summed E-state index contributed by atoms with van der Waals surface area (Å²) in [4.78, 5) is 14.3. The smallest absolute Gasteiger partial charge is 0.311 e. The maximum Gasteiger partial charge on any atom is 0.311 e. The van der Waals surface area contributed by atoms with E-state index in [1.54, 1.807) is 0 Å². The van der Waals surface area contributed by atoms with Gasteiger partial charge in [-0.25, -0.2) is 0 Å². The minimum absolute atomic E-state index is 0.423. The van der Waals surface area contributed by atoms with E-state index in [2.05, 4.69) is 23.9 Å². The first-order valence-electron chi connectivity index (χ1n) is 12.1. The lowest BCUT2D eigenvalue weighted by Crippen LogP contribution is -2.48. The largest absolute Gasteiger partial charge is 0.492 e. The molecular formula is C25H36N2O6. The van der Waals surface area contributed by atoms with Crippen LogP contribution in [0.25, 0.3) is 11.0 Å². The summed E-state index contributed by atoms with van der Waals surface area (Å²) in [6.45, 7) is 8.99. The van der Waals surface area contributed by atoms with Gasteiger partial charge in [0, 0.05) is 19.8 Å². The number of carbonyl (C=O) groups is 1. The lowest BCUT2D eigenvalue weighted by atomic mass is 9.79. The first-order valence-corrected chi connectivity index (χ1v) is 12.1. The van der Waals surface area contributed by atoms with Crippen LogP contribution < -0.4 is 9.47 Å². The van der Waals surface area contributed by atoms with Crippen LogP contribution >= 0.6 is 0 Å². The summed E-state index contributed by atoms with van der Waals surface area (Å²) in [5.74, 6) is 1.53. The topological polar surface area (TPSA) is 94.3 Å². The first-order chi connectivity index (χ1) is 16.0. The van der Waals surface area contributed by atoms with E-state index >= 15 is 0 Å². The lowest BCUT2D eigenvalue weighted by Gasteiger charge is -2.40. The van der Waals surface area contributed by atoms with Crippen LogP contribution in [0.3, 0.4) is 0 Å². The van der Waals surface area contributed by atoms with E-state index in [0.717, 1.165) is 43.5 Å². The molecule has 8 nitrogen and oxygen atoms in total. The highest BCUT2D eigenvalue weighted by molar-refractivity contribution is 5.88. The van der Waals surface area contributed by atoms with E-state index in [4.69, 9.17) is 18.7 Å². The molecule has 0 saturated carbocycles. The number of carboxylic acid groups (broad SMARTS) is 1. The van der Waals surface area contributed by atoms with Gasteiger partial charge in [-0.2, -0.15) is 0 Å². The number of piperidine rings is 1. The number of hydrogen-bond acceptors (Lipinski definition) is 7. The van der Waals surface area contributed by atoms with E-state index in [-0.39, 0.29) is 0 Å². The standard InChI is InChI=1S/C25H36N2O6/c1-18(2)16-32-20-4-3-5-21-22(20)23(26-33-21)31-13-8-19-6-11-27(12-7-19)17-25(24(28)29)9-14-30-15-10-25/h3-5,18-19H,6-17H2,1-2H3,(H,28,29). The number of carboxylic acids is 1. The van der Waals surface area contributed by atoms with E-state index in [9.17, 15) is 9.90 Å². The molecule has 182 valence electrons. The molecular weight excluding hydrogens is 424 g/mol. The second kappa shape index (κ2) is 10.7. The fourth-order valence-electron chi connectivity index (χ4n) is 4.79. The Hall–Kier alpha value is -2.32. The SMILES string of the molecule is CC(C)COc1cccc2onc(OCCC3CCN(CC4(C(=O)O)CCOCC4)CC3)c12. The van der Waals surface area contributed by atoms with Crippen molar-refractivity contribution in [1.82, 2.24) is 10.1 Å². The molecule has 4 rings (SSSR count). The average Bonchev–Trinajstić information content (AvgIpc) is 3.23. The molecule has 2 aliphatic rings. The zero-order chi connectivity index (χ0) is 23.3. The summed E-state index contributed by atoms with van der Waals surface area (Å²) in [5.41, 5.74) is 0.0115. The molecule has 2 saturated heterocycles. The Morgan fingerprint density at radius 1 is 1.24 bits per heavy atom. The number of ether oxygens (including phenoxy) is 3. The van der Waals surface area contributed by atoms with Gasteiger partial charge in [-0.15, -0.1) is 0 Å². The van der Waals surface area contributed by atoms with Gasteiger partial charge < -0.3 is 28.7 Å². The molecule has 1 N–H and O–H groups in total. The number of fused-ring (bicyclic) bond motifs is 1. The molecule has 0 unspecified atom stereocenters. The van der Waals surface area contributed by atoms with Crippen LogP contribution in [0, 0.1) is 17.3 Å². The predicted molar refractivity (Wildman–Crippen MR) is 124 cm³/mol. The molecule has 1 aromatic carbocycles. The zero-order valence-corrected chi connectivity index (χ0v) is 19.8. The normalized spacial score (nSPS) is 19.7. The Balaban J connectivity index is 1.26. The molecule has 0 bridgehead atoms. The molecule has 0 atom stereocenters. The number of rotatable bonds is 10. The van der Waals surface area contributed by atoms with Crippen molar-refractivity contribution in [1.29, 1.82) is 0 Å². The second-order valence-corrected chi connectivity index (χ2v) is 9.88. The molecule has 33 heavy (non-hydrogen) atoms. The van der Waals surface area contributed by atoms with Gasteiger partial charge in [-0.1, -0.05) is 19.9 Å². The highest BCUT2D eigenvalue weighted by Gasteiger charge is 2.42. The van der Waals surface area contributed by atoms with Gasteiger partial charge in [0.15, 0.2) is 5.58 Å². The van der Waals surface area contributed by atoms with Gasteiger partial charge in [-0.05, 0) is 74.3 Å². The van der Waals surface area contributed by atoms with Crippen LogP contribution in [0.4, 0.5) is 0 Å². The summed E-state index contributed by atoms with van der Waals surface area (Å²) in [7, 11) is 0. The minimum Gasteiger partial charge on any atom is -0.492 e. The van der Waals surface area contributed by atoms with E-state index in [1.807, 2.05) is 18.2 Å². The molecule has 3 heterocycles. The predicted octanol–water partition coefficient (Wildman–Crippen LogP) is 4.22. The highest BCUT2D eigenvalue weighted by Crippen LogP contribution is 2.35. The third-order valence-corrected chi connectivity index (χ3v) is 6.90. The van der Waals surface area contributed by atoms with Crippen LogP contribution in [0.5, 0.6) is 11.6 Å². The molecule has 0 aliphatic carbocycles. The van der Waals surface area contributed by atoms with Crippen LogP contribution in [0.15, 0.2) is 22.7 Å². The third-order valence-electron chi connectivity index (χ3n) is 6.90. The van der Waals surface area contributed by atoms with Crippen molar-refractivity contribution >= 4 is 16.9 Å². The Morgan fingerprint density at radius 3 is 2.70 bits per heavy atom. The molecule has 2 fully saturated rings. The molecule has 0 spiro atoms. The highest BCUT2D eigenvalue weighted by atomic mass is 16.5. The zero-order valence-electron chi connectivity index (χ0n) is 19.8. The van der Waals surface area contributed by atoms with Crippen molar-refractivity contribution < 1.29 is 28.6 Å². The fourth-order valence-corrected chi connectivity index (χ4v) is 4.79. The summed E-state index contributed by atoms with van der Waals surface area (Å²) < 4.78 is 22.8. The second-order valence-electron chi connectivity index (χ2n) is 9.88. The van der Waals surface area contributed by atoms with Crippen LogP contribution in [-0.2, 0) is 9.53 Å². The number of benzene rings is 1. The van der Waals surface area contributed by atoms with Crippen molar-refractivity contribution in [2.45, 2.75) is 46.0 Å². The van der Waals surface area contributed by atoms with Crippen molar-refractivity contribution in [3.8, 4) is 11.6 Å². The van der Waals surface area contributed by atoms with Gasteiger partial charge in [-0.3, -0.25) is 4.79 Å². The summed E-state index contributed by atoms with van der Waals surface area (Å²) in [5, 5.41) is 14.7. The molecule has 0 amide bonds. The summed E-state index contributed by atoms with van der Waals surface area (Å²) in [6.07, 6.45) is 4.25. The third kappa shape index (κ3) is 5.79. The number of likely N-dealkylation sites (tertiary alicyclic amines) is 1. The van der Waals surface area contributed by atoms with Gasteiger partial charge >= 0.3 is 5.97 Å². The van der Waals surface area contributed by atoms with Crippen molar-refractivity contribution in [3.05, 3.63) is 18.2 Å². The van der Waals surface area contributed by atoms with Gasteiger partial charge in [0.05, 0.1) is 18.6 Å².